The van der Waals surface area contributed by atoms with E-state index in [1.54, 1.807) is 11.6 Å². The number of nitrogens with one attached hydrogen (secondary N) is 1. The molecule has 0 aromatic carbocycles. The van der Waals surface area contributed by atoms with Gasteiger partial charge in [-0.05, 0) is 0 Å². The lowest BCUT2D eigenvalue weighted by atomic mass is 10.3. The molecule has 0 fully saturated rings. The van der Waals surface area contributed by atoms with E-state index in [0.717, 1.165) is 0 Å². The van der Waals surface area contributed by atoms with E-state index in [1.807, 2.05) is 0 Å². The molecule has 0 saturated carbocycles. The molecule has 2 N–H and O–H groups in total. The molecule has 0 unspecified atom stereocenters. The molecule has 0 saturated heterocycles. The van der Waals surface area contributed by atoms with Crippen molar-refractivity contribution in [3.05, 3.63) is 23.5 Å². The molecule has 9 heteroatoms. The van der Waals surface area contributed by atoms with E-state index in [0.29, 0.717) is 10.8 Å². The van der Waals surface area contributed by atoms with Gasteiger partial charge in [-0.3, -0.25) is 9.59 Å². The van der Waals surface area contributed by atoms with Gasteiger partial charge in [-0.2, -0.15) is 0 Å². The summed E-state index contributed by atoms with van der Waals surface area (Å²) in [5.41, 5.74) is 0.420. The van der Waals surface area contributed by atoms with Crippen LogP contribution in [0.2, 0.25) is 0 Å². The number of hydrogen-bond donors (Lipinski definition) is 2. The van der Waals surface area contributed by atoms with Crippen LogP contribution in [0.4, 0.5) is 5.13 Å². The van der Waals surface area contributed by atoms with Crippen molar-refractivity contribution in [2.45, 2.75) is 13.0 Å². The van der Waals surface area contributed by atoms with Gasteiger partial charge in [0.15, 0.2) is 5.13 Å². The first-order valence-electron chi connectivity index (χ1n) is 4.93. The van der Waals surface area contributed by atoms with Crippen molar-refractivity contribution in [3.8, 4) is 0 Å². The molecule has 0 bridgehead atoms. The first kappa shape index (κ1) is 12.2. The number of hydrogen-bond acceptors (Lipinski definition) is 6. The van der Waals surface area contributed by atoms with Crippen LogP contribution in [-0.4, -0.2) is 37.0 Å². The summed E-state index contributed by atoms with van der Waals surface area (Å²) in [4.78, 5) is 26.0. The highest BCUT2D eigenvalue weighted by Crippen LogP contribution is 2.15. The first-order chi connectivity index (χ1) is 8.63. The van der Waals surface area contributed by atoms with Gasteiger partial charge in [-0.25, -0.2) is 9.67 Å². The van der Waals surface area contributed by atoms with Crippen LogP contribution in [0.3, 0.4) is 0 Å². The summed E-state index contributed by atoms with van der Waals surface area (Å²) in [5, 5.41) is 20.3. The second-order valence-corrected chi connectivity index (χ2v) is 4.22. The number of nitrogens with zero attached hydrogens (tertiary/aromatic N) is 4. The minimum atomic E-state index is -0.958. The molecule has 0 aliphatic heterocycles. The minimum absolute atomic E-state index is 0.0356. The van der Waals surface area contributed by atoms with Crippen LogP contribution in [0.1, 0.15) is 5.69 Å². The molecule has 0 aliphatic carbocycles. The normalized spacial score (nSPS) is 10.2. The number of carboxylic acid groups (broad SMARTS) is 1. The Kier molecular flexibility index (Phi) is 3.63. The molecule has 0 atom stereocenters. The van der Waals surface area contributed by atoms with Gasteiger partial charge in [-0.1, -0.05) is 5.21 Å². The van der Waals surface area contributed by atoms with Gasteiger partial charge in [0.1, 0.15) is 6.54 Å². The van der Waals surface area contributed by atoms with Gasteiger partial charge in [0.2, 0.25) is 5.91 Å². The predicted octanol–water partition coefficient (Wildman–Crippen LogP) is 0.000400. The summed E-state index contributed by atoms with van der Waals surface area (Å²) in [6, 6.07) is 0. The van der Waals surface area contributed by atoms with Crippen LogP contribution in [0, 0.1) is 0 Å². The first-order valence-corrected chi connectivity index (χ1v) is 5.81. The Morgan fingerprint density at radius 3 is 3.00 bits per heavy atom. The molecular weight excluding hydrogens is 258 g/mol. The number of thiazole rings is 1. The average Bonchev–Trinajstić information content (AvgIpc) is 2.89. The Balaban J connectivity index is 1.91. The zero-order chi connectivity index (χ0) is 13.0. The van der Waals surface area contributed by atoms with Crippen molar-refractivity contribution in [1.82, 2.24) is 20.0 Å². The lowest BCUT2D eigenvalue weighted by molar-refractivity contribution is -0.136. The topological polar surface area (TPSA) is 110 Å². The molecular formula is C9H9N5O3S. The smallest absolute Gasteiger partial charge is 0.309 e. The molecule has 2 aromatic rings. The second-order valence-electron chi connectivity index (χ2n) is 3.36. The van der Waals surface area contributed by atoms with Gasteiger partial charge in [0.25, 0.3) is 0 Å². The molecule has 1 amide bonds. The summed E-state index contributed by atoms with van der Waals surface area (Å²) in [6.45, 7) is 0.0356. The minimum Gasteiger partial charge on any atom is -0.481 e. The molecule has 2 rings (SSSR count). The molecule has 0 spiro atoms. The fraction of sp³-hybridized carbons (Fsp3) is 0.222. The highest BCUT2D eigenvalue weighted by atomic mass is 32.1. The van der Waals surface area contributed by atoms with Crippen molar-refractivity contribution in [2.24, 2.45) is 0 Å². The number of rotatable bonds is 5. The number of amides is 1. The molecule has 2 heterocycles. The van der Waals surface area contributed by atoms with E-state index >= 15 is 0 Å². The zero-order valence-corrected chi connectivity index (χ0v) is 9.92. The molecule has 0 aliphatic rings. The third-order valence-electron chi connectivity index (χ3n) is 1.91. The third-order valence-corrected chi connectivity index (χ3v) is 2.71. The quantitative estimate of drug-likeness (QED) is 0.789. The monoisotopic (exact) mass is 267 g/mol. The highest BCUT2D eigenvalue weighted by Gasteiger charge is 2.09. The molecule has 8 nitrogen and oxygen atoms in total. The Morgan fingerprint density at radius 2 is 2.33 bits per heavy atom. The summed E-state index contributed by atoms with van der Waals surface area (Å²) >= 11 is 1.18. The maximum atomic E-state index is 11.6. The van der Waals surface area contributed by atoms with Crippen LogP contribution in [0.5, 0.6) is 0 Å². The van der Waals surface area contributed by atoms with E-state index in [4.69, 9.17) is 5.11 Å². The van der Waals surface area contributed by atoms with Gasteiger partial charge < -0.3 is 10.4 Å². The lowest BCUT2D eigenvalue weighted by Gasteiger charge is -2.00. The van der Waals surface area contributed by atoms with Crippen LogP contribution >= 0.6 is 11.3 Å². The van der Waals surface area contributed by atoms with E-state index in [1.165, 1.54) is 22.2 Å². The van der Waals surface area contributed by atoms with Gasteiger partial charge >= 0.3 is 5.97 Å². The Labute approximate surface area is 105 Å². The average molecular weight is 267 g/mol. The van der Waals surface area contributed by atoms with E-state index in [-0.39, 0.29) is 18.9 Å². The van der Waals surface area contributed by atoms with E-state index < -0.39 is 5.97 Å². The van der Waals surface area contributed by atoms with Crippen LogP contribution < -0.4 is 5.32 Å². The van der Waals surface area contributed by atoms with E-state index in [2.05, 4.69) is 20.6 Å². The highest BCUT2D eigenvalue weighted by molar-refractivity contribution is 7.13. The van der Waals surface area contributed by atoms with Crippen molar-refractivity contribution in [2.75, 3.05) is 5.32 Å². The Bertz CT molecular complexity index is 550. The molecule has 18 heavy (non-hydrogen) atoms. The number of carboxylic acids is 1. The number of carbonyl (C=O) groups is 2. The van der Waals surface area contributed by atoms with Crippen LogP contribution in [0.15, 0.2) is 17.8 Å². The van der Waals surface area contributed by atoms with Crippen LogP contribution in [-0.2, 0) is 22.6 Å². The largest absolute Gasteiger partial charge is 0.481 e. The maximum Gasteiger partial charge on any atom is 0.309 e. The summed E-state index contributed by atoms with van der Waals surface area (Å²) in [7, 11) is 0. The van der Waals surface area contributed by atoms with Crippen molar-refractivity contribution in [1.29, 1.82) is 0 Å². The summed E-state index contributed by atoms with van der Waals surface area (Å²) in [6.07, 6.45) is 2.88. The number of carbonyl (C=O) groups excluding carboxylic acids is 1. The van der Waals surface area contributed by atoms with Gasteiger partial charge in [-0.15, -0.1) is 16.4 Å². The maximum absolute atomic E-state index is 11.6. The fourth-order valence-electron chi connectivity index (χ4n) is 1.22. The van der Waals surface area contributed by atoms with E-state index in [9.17, 15) is 9.59 Å². The zero-order valence-electron chi connectivity index (χ0n) is 9.11. The van der Waals surface area contributed by atoms with Crippen LogP contribution in [0.25, 0.3) is 0 Å². The SMILES string of the molecule is O=C(O)Cc1csc(NC(=O)Cn2ccnn2)n1. The number of anilines is 1. The van der Waals surface area contributed by atoms with Gasteiger partial charge in [0, 0.05) is 11.6 Å². The molecule has 2 aromatic heterocycles. The van der Waals surface area contributed by atoms with Crippen molar-refractivity contribution in [3.63, 3.8) is 0 Å². The standard InChI is InChI=1S/C9H9N5O3S/c15-7(4-14-2-1-10-13-14)12-9-11-6(5-18-9)3-8(16)17/h1-2,5H,3-4H2,(H,16,17)(H,11,12,15). The Morgan fingerprint density at radius 1 is 1.50 bits per heavy atom. The predicted molar refractivity (Wildman–Crippen MR) is 62.1 cm³/mol. The molecule has 0 radical (unpaired) electrons. The summed E-state index contributed by atoms with van der Waals surface area (Å²) < 4.78 is 1.38. The molecule has 94 valence electrons. The third kappa shape index (κ3) is 3.35. The number of aromatic nitrogens is 4. The van der Waals surface area contributed by atoms with Gasteiger partial charge in [0.05, 0.1) is 18.3 Å². The van der Waals surface area contributed by atoms with Crippen molar-refractivity contribution >= 4 is 28.3 Å². The van der Waals surface area contributed by atoms with Crippen molar-refractivity contribution < 1.29 is 14.7 Å². The summed E-state index contributed by atoms with van der Waals surface area (Å²) in [5.74, 6) is -1.25. The fourth-order valence-corrected chi connectivity index (χ4v) is 1.95. The number of aliphatic carboxylic acids is 1. The lowest BCUT2D eigenvalue weighted by Crippen LogP contribution is -2.19. The second kappa shape index (κ2) is 5.36. The Hall–Kier alpha value is -2.29.